The molecule has 0 aliphatic heterocycles. The van der Waals surface area contributed by atoms with Crippen LogP contribution in [0.2, 0.25) is 0 Å². The minimum absolute atomic E-state index is 0.387. The van der Waals surface area contributed by atoms with Crippen molar-refractivity contribution in [1.29, 1.82) is 0 Å². The summed E-state index contributed by atoms with van der Waals surface area (Å²) in [6.45, 7) is 0.387. The zero-order chi connectivity index (χ0) is 10.2. The van der Waals surface area contributed by atoms with E-state index in [1.807, 2.05) is 0 Å². The van der Waals surface area contributed by atoms with E-state index < -0.39 is 24.4 Å². The van der Waals surface area contributed by atoms with Crippen molar-refractivity contribution in [3.63, 3.8) is 0 Å². The van der Waals surface area contributed by atoms with Gasteiger partial charge < -0.3 is 5.11 Å². The SMILES string of the molecule is C[C@@H](O)C(F)(F)[C@H](F)C(F)(F)F. The Hall–Kier alpha value is -0.460. The highest BCUT2D eigenvalue weighted by molar-refractivity contribution is 4.86. The Morgan fingerprint density at radius 2 is 1.42 bits per heavy atom. The molecule has 0 unspecified atom stereocenters. The van der Waals surface area contributed by atoms with E-state index in [9.17, 15) is 26.3 Å². The largest absolute Gasteiger partial charge is 0.425 e. The van der Waals surface area contributed by atoms with Gasteiger partial charge in [0, 0.05) is 0 Å². The fraction of sp³-hybridized carbons (Fsp3) is 1.00. The third-order valence-corrected chi connectivity index (χ3v) is 1.18. The second kappa shape index (κ2) is 3.12. The highest BCUT2D eigenvalue weighted by atomic mass is 19.4. The van der Waals surface area contributed by atoms with Gasteiger partial charge in [-0.05, 0) is 6.92 Å². The van der Waals surface area contributed by atoms with Gasteiger partial charge in [-0.1, -0.05) is 0 Å². The Bertz CT molecular complexity index is 151. The lowest BCUT2D eigenvalue weighted by molar-refractivity contribution is -0.265. The minimum Gasteiger partial charge on any atom is -0.387 e. The van der Waals surface area contributed by atoms with Crippen LogP contribution >= 0.6 is 0 Å². The van der Waals surface area contributed by atoms with Crippen molar-refractivity contribution in [2.24, 2.45) is 0 Å². The Morgan fingerprint density at radius 1 is 1.08 bits per heavy atom. The molecule has 74 valence electrons. The van der Waals surface area contributed by atoms with Crippen LogP contribution in [0, 0.1) is 0 Å². The third kappa shape index (κ3) is 2.26. The average Bonchev–Trinajstić information content (AvgIpc) is 1.83. The first kappa shape index (κ1) is 11.5. The quantitative estimate of drug-likeness (QED) is 0.668. The topological polar surface area (TPSA) is 20.2 Å². The van der Waals surface area contributed by atoms with Crippen LogP contribution in [0.4, 0.5) is 26.3 Å². The lowest BCUT2D eigenvalue weighted by Gasteiger charge is -2.24. The first-order valence-electron chi connectivity index (χ1n) is 2.86. The van der Waals surface area contributed by atoms with Crippen LogP contribution in [0.1, 0.15) is 6.92 Å². The van der Waals surface area contributed by atoms with E-state index in [0.29, 0.717) is 6.92 Å². The Labute approximate surface area is 64.0 Å². The van der Waals surface area contributed by atoms with Crippen molar-refractivity contribution in [3.05, 3.63) is 0 Å². The maximum absolute atomic E-state index is 12.1. The fourth-order valence-corrected chi connectivity index (χ4v) is 0.430. The Kier molecular flexibility index (Phi) is 3.00. The highest BCUT2D eigenvalue weighted by Gasteiger charge is 2.59. The number of halogens is 6. The van der Waals surface area contributed by atoms with Gasteiger partial charge in [0.25, 0.3) is 6.17 Å². The molecule has 0 aliphatic carbocycles. The van der Waals surface area contributed by atoms with Gasteiger partial charge in [0.2, 0.25) is 0 Å². The van der Waals surface area contributed by atoms with Crippen molar-refractivity contribution in [2.45, 2.75) is 31.3 Å². The maximum Gasteiger partial charge on any atom is 0.425 e. The van der Waals surface area contributed by atoms with Crippen LogP contribution in [0.15, 0.2) is 0 Å². The van der Waals surface area contributed by atoms with E-state index in [1.165, 1.54) is 0 Å². The van der Waals surface area contributed by atoms with Crippen LogP contribution in [-0.4, -0.2) is 29.5 Å². The summed E-state index contributed by atoms with van der Waals surface area (Å²) >= 11 is 0. The standard InChI is InChI=1S/C5H6F6O/c1-2(12)4(7,8)3(6)5(9,10)11/h2-3,12H,1H3/t2-,3+/m1/s1. The molecule has 0 aromatic carbocycles. The van der Waals surface area contributed by atoms with Gasteiger partial charge in [-0.25, -0.2) is 13.2 Å². The Balaban J connectivity index is 4.57. The molecule has 7 heteroatoms. The third-order valence-electron chi connectivity index (χ3n) is 1.18. The predicted molar refractivity (Wildman–Crippen MR) is 27.6 cm³/mol. The van der Waals surface area contributed by atoms with Gasteiger partial charge >= 0.3 is 12.1 Å². The second-order valence-electron chi connectivity index (χ2n) is 2.25. The van der Waals surface area contributed by atoms with Gasteiger partial charge in [0.05, 0.1) is 0 Å². The van der Waals surface area contributed by atoms with E-state index >= 15 is 0 Å². The van der Waals surface area contributed by atoms with Crippen LogP contribution in [0.25, 0.3) is 0 Å². The van der Waals surface area contributed by atoms with E-state index in [0.717, 1.165) is 0 Å². The molecule has 0 heterocycles. The van der Waals surface area contributed by atoms with Gasteiger partial charge in [-0.2, -0.15) is 13.2 Å². The van der Waals surface area contributed by atoms with E-state index in [2.05, 4.69) is 0 Å². The lowest BCUT2D eigenvalue weighted by Crippen LogP contribution is -2.48. The van der Waals surface area contributed by atoms with Gasteiger partial charge in [-0.15, -0.1) is 0 Å². The molecule has 0 aliphatic rings. The van der Waals surface area contributed by atoms with E-state index in [4.69, 9.17) is 5.11 Å². The number of rotatable bonds is 2. The molecule has 0 amide bonds. The minimum atomic E-state index is -5.65. The summed E-state index contributed by atoms with van der Waals surface area (Å²) in [5.74, 6) is -4.79. The van der Waals surface area contributed by atoms with E-state index in [1.54, 1.807) is 0 Å². The lowest BCUT2D eigenvalue weighted by atomic mass is 10.1. The van der Waals surface area contributed by atoms with Crippen molar-refractivity contribution >= 4 is 0 Å². The smallest absolute Gasteiger partial charge is 0.387 e. The van der Waals surface area contributed by atoms with Crippen molar-refractivity contribution in [1.82, 2.24) is 0 Å². The summed E-state index contributed by atoms with van der Waals surface area (Å²) in [5.41, 5.74) is 0. The molecular weight excluding hydrogens is 190 g/mol. The van der Waals surface area contributed by atoms with Gasteiger partial charge in [-0.3, -0.25) is 0 Å². The summed E-state index contributed by atoms with van der Waals surface area (Å²) < 4.78 is 70.1. The van der Waals surface area contributed by atoms with Crippen LogP contribution in [-0.2, 0) is 0 Å². The number of alkyl halides is 6. The van der Waals surface area contributed by atoms with Crippen molar-refractivity contribution in [3.8, 4) is 0 Å². The van der Waals surface area contributed by atoms with Crippen LogP contribution in [0.5, 0.6) is 0 Å². The molecule has 0 spiro atoms. The summed E-state index contributed by atoms with van der Waals surface area (Å²) in [6.07, 6.45) is -12.7. The van der Waals surface area contributed by atoms with Gasteiger partial charge in [0.15, 0.2) is 0 Å². The average molecular weight is 196 g/mol. The summed E-state index contributed by atoms with van der Waals surface area (Å²) in [7, 11) is 0. The molecule has 1 N–H and O–H groups in total. The van der Waals surface area contributed by atoms with Crippen LogP contribution < -0.4 is 0 Å². The van der Waals surface area contributed by atoms with Crippen LogP contribution in [0.3, 0.4) is 0 Å². The van der Waals surface area contributed by atoms with Crippen molar-refractivity contribution < 1.29 is 31.4 Å². The zero-order valence-corrected chi connectivity index (χ0v) is 5.87. The monoisotopic (exact) mass is 196 g/mol. The number of hydrogen-bond donors (Lipinski definition) is 1. The molecule has 0 aromatic heterocycles. The summed E-state index contributed by atoms with van der Waals surface area (Å²) in [4.78, 5) is 0. The fourth-order valence-electron chi connectivity index (χ4n) is 0.430. The highest BCUT2D eigenvalue weighted by Crippen LogP contribution is 2.36. The molecule has 1 nitrogen and oxygen atoms in total. The Morgan fingerprint density at radius 3 is 1.50 bits per heavy atom. The molecule has 0 saturated carbocycles. The molecule has 0 radical (unpaired) electrons. The summed E-state index contributed by atoms with van der Waals surface area (Å²) in [6, 6.07) is 0. The van der Waals surface area contributed by atoms with E-state index in [-0.39, 0.29) is 0 Å². The molecule has 12 heavy (non-hydrogen) atoms. The number of aliphatic hydroxyl groups is 1. The predicted octanol–water partition coefficient (Wildman–Crippen LogP) is 1.90. The molecule has 0 bridgehead atoms. The molecular formula is C5H6F6O. The maximum atomic E-state index is 12.1. The molecule has 0 saturated heterocycles. The second-order valence-corrected chi connectivity index (χ2v) is 2.25. The molecule has 0 fully saturated rings. The van der Waals surface area contributed by atoms with Crippen molar-refractivity contribution in [2.75, 3.05) is 0 Å². The zero-order valence-electron chi connectivity index (χ0n) is 5.87. The molecule has 0 aromatic rings. The molecule has 0 rings (SSSR count). The summed E-state index contributed by atoms with van der Waals surface area (Å²) in [5, 5.41) is 8.12. The van der Waals surface area contributed by atoms with Gasteiger partial charge in [0.1, 0.15) is 6.10 Å². The number of aliphatic hydroxyl groups excluding tert-OH is 1. The normalized spacial score (nSPS) is 19.0. The molecule has 2 atom stereocenters. The first-order chi connectivity index (χ1) is 5.10. The first-order valence-corrected chi connectivity index (χ1v) is 2.86. The number of hydrogen-bond acceptors (Lipinski definition) is 1.